The van der Waals surface area contributed by atoms with Crippen molar-refractivity contribution < 1.29 is 9.18 Å². The van der Waals surface area contributed by atoms with Crippen molar-refractivity contribution in [1.82, 2.24) is 4.90 Å². The zero-order valence-electron chi connectivity index (χ0n) is 12.1. The van der Waals surface area contributed by atoms with E-state index in [9.17, 15) is 9.18 Å². The standard InChI is InChI=1S/C17H19BrFNO/c1-20(12-6-2-5-11-18)17(21)15-9-10-16(19)14-8-4-3-7-13(14)15/h3-4,7-10H,2,5-6,11-12H2,1H3. The summed E-state index contributed by atoms with van der Waals surface area (Å²) in [6, 6.07) is 10.1. The Morgan fingerprint density at radius 1 is 1.10 bits per heavy atom. The van der Waals surface area contributed by atoms with Gasteiger partial charge >= 0.3 is 0 Å². The quantitative estimate of drug-likeness (QED) is 0.549. The van der Waals surface area contributed by atoms with Crippen LogP contribution in [0.25, 0.3) is 10.8 Å². The summed E-state index contributed by atoms with van der Waals surface area (Å²) in [5.74, 6) is -0.341. The number of benzene rings is 2. The fourth-order valence-electron chi connectivity index (χ4n) is 2.38. The molecule has 2 rings (SSSR count). The zero-order valence-corrected chi connectivity index (χ0v) is 13.7. The molecule has 0 aromatic heterocycles. The highest BCUT2D eigenvalue weighted by atomic mass is 79.9. The number of amides is 1. The van der Waals surface area contributed by atoms with Crippen LogP contribution in [0, 0.1) is 5.82 Å². The number of fused-ring (bicyclic) bond motifs is 1. The number of halogens is 2. The van der Waals surface area contributed by atoms with Gasteiger partial charge in [0.25, 0.3) is 5.91 Å². The molecule has 0 fully saturated rings. The Labute approximate surface area is 133 Å². The van der Waals surface area contributed by atoms with Crippen molar-refractivity contribution >= 4 is 32.6 Å². The van der Waals surface area contributed by atoms with Crippen molar-refractivity contribution in [2.24, 2.45) is 0 Å². The van der Waals surface area contributed by atoms with E-state index in [1.54, 1.807) is 36.2 Å². The lowest BCUT2D eigenvalue weighted by atomic mass is 10.0. The van der Waals surface area contributed by atoms with Gasteiger partial charge in [-0.15, -0.1) is 0 Å². The molecule has 21 heavy (non-hydrogen) atoms. The van der Waals surface area contributed by atoms with Crippen molar-refractivity contribution in [3.8, 4) is 0 Å². The Kier molecular flexibility index (Phi) is 5.74. The van der Waals surface area contributed by atoms with E-state index in [4.69, 9.17) is 0 Å². The first-order valence-electron chi connectivity index (χ1n) is 7.14. The summed E-state index contributed by atoms with van der Waals surface area (Å²) in [7, 11) is 1.80. The number of hydrogen-bond donors (Lipinski definition) is 0. The Balaban J connectivity index is 2.18. The van der Waals surface area contributed by atoms with E-state index in [2.05, 4.69) is 15.9 Å². The lowest BCUT2D eigenvalue weighted by Crippen LogP contribution is -2.28. The maximum absolute atomic E-state index is 13.8. The van der Waals surface area contributed by atoms with Gasteiger partial charge in [-0.3, -0.25) is 4.79 Å². The van der Waals surface area contributed by atoms with Gasteiger partial charge in [0.2, 0.25) is 0 Å². The number of carbonyl (C=O) groups is 1. The normalized spacial score (nSPS) is 10.8. The smallest absolute Gasteiger partial charge is 0.254 e. The highest BCUT2D eigenvalue weighted by Crippen LogP contribution is 2.22. The van der Waals surface area contributed by atoms with E-state index in [0.717, 1.165) is 31.1 Å². The summed E-state index contributed by atoms with van der Waals surface area (Å²) in [4.78, 5) is 14.2. The predicted octanol–water partition coefficient (Wildman–Crippen LogP) is 4.62. The monoisotopic (exact) mass is 351 g/mol. The molecule has 112 valence electrons. The fraction of sp³-hybridized carbons (Fsp3) is 0.353. The highest BCUT2D eigenvalue weighted by molar-refractivity contribution is 9.09. The molecule has 2 aromatic carbocycles. The molecule has 0 radical (unpaired) electrons. The first-order valence-corrected chi connectivity index (χ1v) is 8.26. The van der Waals surface area contributed by atoms with Crippen LogP contribution >= 0.6 is 15.9 Å². The topological polar surface area (TPSA) is 20.3 Å². The summed E-state index contributed by atoms with van der Waals surface area (Å²) in [5, 5.41) is 2.17. The van der Waals surface area contributed by atoms with E-state index >= 15 is 0 Å². The summed E-state index contributed by atoms with van der Waals surface area (Å²) >= 11 is 3.40. The van der Waals surface area contributed by atoms with Gasteiger partial charge in [0, 0.05) is 29.9 Å². The molecule has 0 atom stereocenters. The molecule has 0 aliphatic rings. The zero-order chi connectivity index (χ0) is 15.2. The summed E-state index contributed by atoms with van der Waals surface area (Å²) in [5.41, 5.74) is 0.565. The van der Waals surface area contributed by atoms with Crippen LogP contribution < -0.4 is 0 Å². The Hall–Kier alpha value is -1.42. The molecular formula is C17H19BrFNO. The first-order chi connectivity index (χ1) is 10.1. The average molecular weight is 352 g/mol. The van der Waals surface area contributed by atoms with Crippen molar-refractivity contribution in [2.75, 3.05) is 18.9 Å². The molecule has 0 N–H and O–H groups in total. The molecule has 4 heteroatoms. The van der Waals surface area contributed by atoms with E-state index in [1.165, 1.54) is 6.07 Å². The first kappa shape index (κ1) is 16.0. The second-order valence-electron chi connectivity index (χ2n) is 5.12. The van der Waals surface area contributed by atoms with Gasteiger partial charge in [0.15, 0.2) is 0 Å². The lowest BCUT2D eigenvalue weighted by Gasteiger charge is -2.18. The molecule has 0 bridgehead atoms. The second-order valence-corrected chi connectivity index (χ2v) is 5.91. The fourth-order valence-corrected chi connectivity index (χ4v) is 2.77. The van der Waals surface area contributed by atoms with Crippen LogP contribution in [-0.2, 0) is 0 Å². The van der Waals surface area contributed by atoms with Crippen LogP contribution in [0.15, 0.2) is 36.4 Å². The Bertz CT molecular complexity index is 629. The summed E-state index contributed by atoms with van der Waals surface area (Å²) in [6.07, 6.45) is 3.18. The number of hydrogen-bond acceptors (Lipinski definition) is 1. The third-order valence-electron chi connectivity index (χ3n) is 3.58. The maximum atomic E-state index is 13.8. The van der Waals surface area contributed by atoms with Crippen LogP contribution in [0.1, 0.15) is 29.6 Å². The van der Waals surface area contributed by atoms with E-state index in [-0.39, 0.29) is 11.7 Å². The number of nitrogens with zero attached hydrogens (tertiary/aromatic N) is 1. The Morgan fingerprint density at radius 2 is 1.81 bits per heavy atom. The summed E-state index contributed by atoms with van der Waals surface area (Å²) < 4.78 is 13.8. The minimum atomic E-state index is -0.290. The molecule has 2 nitrogen and oxygen atoms in total. The van der Waals surface area contributed by atoms with Gasteiger partial charge < -0.3 is 4.90 Å². The van der Waals surface area contributed by atoms with Crippen LogP contribution in [0.4, 0.5) is 4.39 Å². The van der Waals surface area contributed by atoms with Gasteiger partial charge in [-0.25, -0.2) is 4.39 Å². The number of rotatable bonds is 6. The maximum Gasteiger partial charge on any atom is 0.254 e. The van der Waals surface area contributed by atoms with Gasteiger partial charge in [0.1, 0.15) is 5.82 Å². The Morgan fingerprint density at radius 3 is 2.52 bits per heavy atom. The van der Waals surface area contributed by atoms with Gasteiger partial charge in [-0.2, -0.15) is 0 Å². The second kappa shape index (κ2) is 7.55. The number of carbonyl (C=O) groups excluding carboxylic acids is 1. The van der Waals surface area contributed by atoms with E-state index in [0.29, 0.717) is 16.3 Å². The SMILES string of the molecule is CN(CCCCCBr)C(=O)c1ccc(F)c2ccccc12. The van der Waals surface area contributed by atoms with Crippen molar-refractivity contribution in [3.05, 3.63) is 47.8 Å². The highest BCUT2D eigenvalue weighted by Gasteiger charge is 2.15. The molecule has 0 saturated heterocycles. The van der Waals surface area contributed by atoms with Crippen LogP contribution in [0.3, 0.4) is 0 Å². The third kappa shape index (κ3) is 3.82. The minimum Gasteiger partial charge on any atom is -0.342 e. The lowest BCUT2D eigenvalue weighted by molar-refractivity contribution is 0.0794. The molecule has 0 heterocycles. The largest absolute Gasteiger partial charge is 0.342 e. The van der Waals surface area contributed by atoms with Crippen LogP contribution in [0.5, 0.6) is 0 Å². The van der Waals surface area contributed by atoms with Crippen molar-refractivity contribution in [1.29, 1.82) is 0 Å². The molecule has 0 spiro atoms. The molecular weight excluding hydrogens is 333 g/mol. The van der Waals surface area contributed by atoms with Gasteiger partial charge in [-0.05, 0) is 30.4 Å². The van der Waals surface area contributed by atoms with Crippen molar-refractivity contribution in [2.45, 2.75) is 19.3 Å². The van der Waals surface area contributed by atoms with Crippen molar-refractivity contribution in [3.63, 3.8) is 0 Å². The predicted molar refractivity (Wildman–Crippen MR) is 88.5 cm³/mol. The molecule has 0 saturated carbocycles. The number of alkyl halides is 1. The molecule has 0 aliphatic heterocycles. The third-order valence-corrected chi connectivity index (χ3v) is 4.14. The van der Waals surface area contributed by atoms with E-state index < -0.39 is 0 Å². The molecule has 2 aromatic rings. The number of unbranched alkanes of at least 4 members (excludes halogenated alkanes) is 2. The van der Waals surface area contributed by atoms with Crippen LogP contribution in [0.2, 0.25) is 0 Å². The molecule has 0 aliphatic carbocycles. The molecule has 0 unspecified atom stereocenters. The van der Waals surface area contributed by atoms with E-state index in [1.807, 2.05) is 6.07 Å². The average Bonchev–Trinajstić information content (AvgIpc) is 2.51. The van der Waals surface area contributed by atoms with Gasteiger partial charge in [0.05, 0.1) is 0 Å². The van der Waals surface area contributed by atoms with Gasteiger partial charge in [-0.1, -0.05) is 46.6 Å². The molecule has 1 amide bonds. The van der Waals surface area contributed by atoms with Crippen LogP contribution in [-0.4, -0.2) is 29.7 Å². The summed E-state index contributed by atoms with van der Waals surface area (Å²) in [6.45, 7) is 0.720. The minimum absolute atomic E-state index is 0.0509.